The van der Waals surface area contributed by atoms with Crippen LogP contribution in [0, 0.1) is 0 Å². The molecule has 0 saturated heterocycles. The number of amides is 2. The lowest BCUT2D eigenvalue weighted by molar-refractivity contribution is -0.138. The van der Waals surface area contributed by atoms with E-state index in [1.54, 1.807) is 4.90 Å². The van der Waals surface area contributed by atoms with Crippen LogP contribution in [0.15, 0.2) is 42.5 Å². The number of carboxylic acid groups (broad SMARTS) is 1. The average molecular weight is 286 g/mol. The highest BCUT2D eigenvalue weighted by molar-refractivity contribution is 6.03. The maximum atomic E-state index is 12.3. The molecule has 0 radical (unpaired) electrons. The second-order valence-corrected chi connectivity index (χ2v) is 4.75. The predicted molar refractivity (Wildman–Crippen MR) is 82.6 cm³/mol. The first-order chi connectivity index (χ1) is 10.0. The first-order valence-corrected chi connectivity index (χ1v) is 6.83. The predicted octanol–water partition coefficient (Wildman–Crippen LogP) is 2.85. The third-order valence-electron chi connectivity index (χ3n) is 3.33. The van der Waals surface area contributed by atoms with Crippen molar-refractivity contribution in [2.45, 2.75) is 19.9 Å². The van der Waals surface area contributed by atoms with Crippen LogP contribution in [-0.4, -0.2) is 29.7 Å². The summed E-state index contributed by atoms with van der Waals surface area (Å²) in [5.41, 5.74) is 0.769. The Morgan fingerprint density at radius 3 is 2.52 bits per heavy atom. The molecule has 0 aromatic heterocycles. The number of carboxylic acids is 1. The van der Waals surface area contributed by atoms with Gasteiger partial charge < -0.3 is 10.4 Å². The highest BCUT2D eigenvalue weighted by Crippen LogP contribution is 2.26. The number of fused-ring (bicyclic) bond motifs is 1. The van der Waals surface area contributed by atoms with E-state index in [-0.39, 0.29) is 0 Å². The molecule has 2 amide bonds. The number of nitrogens with zero attached hydrogens (tertiary/aromatic N) is 1. The Morgan fingerprint density at radius 1 is 1.19 bits per heavy atom. The number of hydrogen-bond acceptors (Lipinski definition) is 2. The Morgan fingerprint density at radius 2 is 1.86 bits per heavy atom. The molecule has 1 atom stereocenters. The fraction of sp³-hybridized carbons (Fsp3) is 0.250. The molecule has 0 aliphatic carbocycles. The van der Waals surface area contributed by atoms with Crippen molar-refractivity contribution < 1.29 is 14.7 Å². The molecule has 2 aromatic carbocycles. The number of aliphatic carboxylic acids is 1. The van der Waals surface area contributed by atoms with E-state index in [4.69, 9.17) is 5.11 Å². The molecule has 5 heteroatoms. The maximum absolute atomic E-state index is 12.3. The maximum Gasteiger partial charge on any atom is 0.325 e. The zero-order valence-corrected chi connectivity index (χ0v) is 12.0. The van der Waals surface area contributed by atoms with Crippen LogP contribution in [0.25, 0.3) is 10.8 Å². The molecule has 2 aromatic rings. The quantitative estimate of drug-likeness (QED) is 0.908. The van der Waals surface area contributed by atoms with E-state index in [0.29, 0.717) is 6.54 Å². The van der Waals surface area contributed by atoms with Gasteiger partial charge in [-0.05, 0) is 25.3 Å². The van der Waals surface area contributed by atoms with Crippen molar-refractivity contribution in [2.75, 3.05) is 11.4 Å². The number of rotatable bonds is 4. The molecule has 0 heterocycles. The van der Waals surface area contributed by atoms with Crippen molar-refractivity contribution in [3.05, 3.63) is 42.5 Å². The molecule has 21 heavy (non-hydrogen) atoms. The Labute approximate surface area is 123 Å². The SMILES string of the molecule is CCN(C(=O)N[C@H](C)C(=O)O)c1cccc2ccccc12. The van der Waals surface area contributed by atoms with Gasteiger partial charge in [-0.3, -0.25) is 9.69 Å². The molecular weight excluding hydrogens is 268 g/mol. The summed E-state index contributed by atoms with van der Waals surface area (Å²) in [5, 5.41) is 13.4. The van der Waals surface area contributed by atoms with Gasteiger partial charge in [-0.15, -0.1) is 0 Å². The molecule has 0 unspecified atom stereocenters. The normalized spacial score (nSPS) is 11.9. The number of carbonyl (C=O) groups is 2. The molecule has 5 nitrogen and oxygen atoms in total. The first-order valence-electron chi connectivity index (χ1n) is 6.83. The largest absolute Gasteiger partial charge is 0.480 e. The summed E-state index contributed by atoms with van der Waals surface area (Å²) in [6, 6.07) is 12.2. The van der Waals surface area contributed by atoms with Gasteiger partial charge >= 0.3 is 12.0 Å². The third-order valence-corrected chi connectivity index (χ3v) is 3.33. The number of benzene rings is 2. The Kier molecular flexibility index (Phi) is 4.42. The highest BCUT2D eigenvalue weighted by atomic mass is 16.4. The van der Waals surface area contributed by atoms with Gasteiger partial charge in [-0.1, -0.05) is 36.4 Å². The lowest BCUT2D eigenvalue weighted by Crippen LogP contribution is -2.46. The van der Waals surface area contributed by atoms with Gasteiger partial charge in [0.05, 0.1) is 5.69 Å². The van der Waals surface area contributed by atoms with Gasteiger partial charge in [0.2, 0.25) is 0 Å². The Bertz CT molecular complexity index is 664. The van der Waals surface area contributed by atoms with E-state index in [9.17, 15) is 9.59 Å². The fourth-order valence-corrected chi connectivity index (χ4v) is 2.19. The van der Waals surface area contributed by atoms with E-state index >= 15 is 0 Å². The molecule has 0 fully saturated rings. The minimum atomic E-state index is -1.06. The zero-order chi connectivity index (χ0) is 15.4. The average Bonchev–Trinajstić information content (AvgIpc) is 2.48. The number of nitrogens with one attached hydrogen (secondary N) is 1. The van der Waals surface area contributed by atoms with Gasteiger partial charge in [0.15, 0.2) is 0 Å². The smallest absolute Gasteiger partial charge is 0.325 e. The summed E-state index contributed by atoms with van der Waals surface area (Å²) >= 11 is 0. The molecular formula is C16H18N2O3. The fourth-order valence-electron chi connectivity index (χ4n) is 2.19. The van der Waals surface area contributed by atoms with E-state index < -0.39 is 18.0 Å². The minimum absolute atomic E-state index is 0.413. The summed E-state index contributed by atoms with van der Waals surface area (Å²) in [6.45, 7) is 3.75. The van der Waals surface area contributed by atoms with E-state index in [1.807, 2.05) is 49.4 Å². The third kappa shape index (κ3) is 3.13. The molecule has 2 N–H and O–H groups in total. The molecule has 0 bridgehead atoms. The summed E-state index contributed by atoms with van der Waals surface area (Å²) in [7, 11) is 0. The van der Waals surface area contributed by atoms with E-state index in [2.05, 4.69) is 5.32 Å². The van der Waals surface area contributed by atoms with Gasteiger partial charge in [0, 0.05) is 11.9 Å². The van der Waals surface area contributed by atoms with Crippen molar-refractivity contribution in [2.24, 2.45) is 0 Å². The first kappa shape index (κ1) is 14.8. The summed E-state index contributed by atoms with van der Waals surface area (Å²) in [5.74, 6) is -1.06. The van der Waals surface area contributed by atoms with Crippen molar-refractivity contribution >= 4 is 28.5 Å². The van der Waals surface area contributed by atoms with Crippen molar-refractivity contribution in [1.82, 2.24) is 5.32 Å². The second kappa shape index (κ2) is 6.26. The van der Waals surface area contributed by atoms with E-state index in [0.717, 1.165) is 16.5 Å². The second-order valence-electron chi connectivity index (χ2n) is 4.75. The summed E-state index contributed by atoms with van der Waals surface area (Å²) in [4.78, 5) is 24.7. The lowest BCUT2D eigenvalue weighted by atomic mass is 10.1. The minimum Gasteiger partial charge on any atom is -0.480 e. The molecule has 0 aliphatic heterocycles. The Hall–Kier alpha value is -2.56. The van der Waals surface area contributed by atoms with Gasteiger partial charge in [0.1, 0.15) is 6.04 Å². The van der Waals surface area contributed by atoms with Crippen LogP contribution >= 0.6 is 0 Å². The lowest BCUT2D eigenvalue weighted by Gasteiger charge is -2.24. The number of anilines is 1. The molecule has 0 spiro atoms. The Balaban J connectivity index is 2.35. The van der Waals surface area contributed by atoms with E-state index in [1.165, 1.54) is 6.92 Å². The summed E-state index contributed by atoms with van der Waals surface area (Å²) in [6.07, 6.45) is 0. The van der Waals surface area contributed by atoms with Crippen LogP contribution in [0.4, 0.5) is 10.5 Å². The number of hydrogen-bond donors (Lipinski definition) is 2. The van der Waals surface area contributed by atoms with Crippen LogP contribution in [-0.2, 0) is 4.79 Å². The van der Waals surface area contributed by atoms with Crippen molar-refractivity contribution in [3.63, 3.8) is 0 Å². The molecule has 2 rings (SSSR count). The van der Waals surface area contributed by atoms with Crippen LogP contribution < -0.4 is 10.2 Å². The van der Waals surface area contributed by atoms with Crippen molar-refractivity contribution in [3.8, 4) is 0 Å². The standard InChI is InChI=1S/C16H18N2O3/c1-3-18(16(21)17-11(2)15(19)20)14-10-6-8-12-7-4-5-9-13(12)14/h4-11H,3H2,1-2H3,(H,17,21)(H,19,20)/t11-/m1/s1. The summed E-state index contributed by atoms with van der Waals surface area (Å²) < 4.78 is 0. The molecule has 0 saturated carbocycles. The van der Waals surface area contributed by atoms with Gasteiger partial charge in [0.25, 0.3) is 0 Å². The number of carbonyl (C=O) groups excluding carboxylic acids is 1. The highest BCUT2D eigenvalue weighted by Gasteiger charge is 2.20. The van der Waals surface area contributed by atoms with Crippen LogP contribution in [0.1, 0.15) is 13.8 Å². The zero-order valence-electron chi connectivity index (χ0n) is 12.0. The van der Waals surface area contributed by atoms with Crippen LogP contribution in [0.2, 0.25) is 0 Å². The monoisotopic (exact) mass is 286 g/mol. The van der Waals surface area contributed by atoms with Crippen LogP contribution in [0.3, 0.4) is 0 Å². The van der Waals surface area contributed by atoms with Crippen LogP contribution in [0.5, 0.6) is 0 Å². The molecule has 110 valence electrons. The van der Waals surface area contributed by atoms with Gasteiger partial charge in [-0.25, -0.2) is 4.79 Å². The number of urea groups is 1. The van der Waals surface area contributed by atoms with Crippen molar-refractivity contribution in [1.29, 1.82) is 0 Å². The topological polar surface area (TPSA) is 69.6 Å². The van der Waals surface area contributed by atoms with Gasteiger partial charge in [-0.2, -0.15) is 0 Å². The molecule has 0 aliphatic rings.